The first-order valence-corrected chi connectivity index (χ1v) is 10.9. The van der Waals surface area contributed by atoms with E-state index in [0.29, 0.717) is 19.4 Å². The second kappa shape index (κ2) is 9.56. The highest BCUT2D eigenvalue weighted by atomic mass is 16.5. The van der Waals surface area contributed by atoms with Gasteiger partial charge in [0.1, 0.15) is 6.10 Å². The number of aryl methyl sites for hydroxylation is 1. The largest absolute Gasteiger partial charge is 0.388 e. The summed E-state index contributed by atoms with van der Waals surface area (Å²) in [4.78, 5) is 15.1. The molecular weight excluding hydrogens is 368 g/mol. The fourth-order valence-electron chi connectivity index (χ4n) is 4.67. The first kappa shape index (κ1) is 22.2. The zero-order chi connectivity index (χ0) is 20.9. The summed E-state index contributed by atoms with van der Waals surface area (Å²) in [7, 11) is 0. The normalized spacial score (nSPS) is 27.1. The summed E-state index contributed by atoms with van der Waals surface area (Å²) in [5, 5.41) is 14.4. The van der Waals surface area contributed by atoms with E-state index in [0.717, 1.165) is 56.8 Å². The maximum absolute atomic E-state index is 12.7. The van der Waals surface area contributed by atoms with Gasteiger partial charge in [0, 0.05) is 32.8 Å². The minimum Gasteiger partial charge on any atom is -0.388 e. The van der Waals surface area contributed by atoms with Gasteiger partial charge in [-0.15, -0.1) is 0 Å². The quantitative estimate of drug-likeness (QED) is 0.681. The van der Waals surface area contributed by atoms with Crippen LogP contribution in [0.25, 0.3) is 0 Å². The van der Waals surface area contributed by atoms with Gasteiger partial charge in [-0.2, -0.15) is 0 Å². The van der Waals surface area contributed by atoms with Crippen LogP contribution in [-0.2, 0) is 20.7 Å². The molecule has 2 fully saturated rings. The number of nitrogens with zero attached hydrogens (tertiary/aromatic N) is 1. The monoisotopic (exact) mass is 404 g/mol. The average Bonchev–Trinajstić information content (AvgIpc) is 2.68. The van der Waals surface area contributed by atoms with Crippen molar-refractivity contribution < 1.29 is 19.4 Å². The Bertz CT molecular complexity index is 687. The highest BCUT2D eigenvalue weighted by molar-refractivity contribution is 5.79. The molecule has 2 aliphatic heterocycles. The topological polar surface area (TPSA) is 71.0 Å². The molecule has 162 valence electrons. The Morgan fingerprint density at radius 3 is 2.79 bits per heavy atom. The maximum Gasteiger partial charge on any atom is 0.224 e. The zero-order valence-corrected chi connectivity index (χ0v) is 18.1. The molecule has 0 radical (unpaired) electrons. The van der Waals surface area contributed by atoms with Crippen molar-refractivity contribution in [1.82, 2.24) is 10.2 Å². The third-order valence-electron chi connectivity index (χ3n) is 6.44. The molecule has 3 rings (SSSR count). The van der Waals surface area contributed by atoms with Gasteiger partial charge in [-0.3, -0.25) is 4.79 Å². The minimum atomic E-state index is -0.723. The van der Waals surface area contributed by atoms with Crippen LogP contribution in [0.3, 0.4) is 0 Å². The van der Waals surface area contributed by atoms with Gasteiger partial charge in [-0.25, -0.2) is 0 Å². The van der Waals surface area contributed by atoms with Crippen molar-refractivity contribution in [3.63, 3.8) is 0 Å². The summed E-state index contributed by atoms with van der Waals surface area (Å²) < 4.78 is 11.6. The number of hydrogen-bond acceptors (Lipinski definition) is 5. The molecule has 1 aromatic carbocycles. The van der Waals surface area contributed by atoms with E-state index < -0.39 is 17.2 Å². The molecule has 2 N–H and O–H groups in total. The fourth-order valence-corrected chi connectivity index (χ4v) is 4.67. The Morgan fingerprint density at radius 2 is 2.10 bits per heavy atom. The molecule has 6 heteroatoms. The summed E-state index contributed by atoms with van der Waals surface area (Å²) >= 11 is 0. The summed E-state index contributed by atoms with van der Waals surface area (Å²) in [6.45, 7) is 10.7. The number of rotatable bonds is 7. The fraction of sp³-hybridized carbons (Fsp3) is 0.696. The van der Waals surface area contributed by atoms with Gasteiger partial charge in [0.25, 0.3) is 0 Å². The Hall–Kier alpha value is -1.47. The first-order chi connectivity index (χ1) is 13.9. The lowest BCUT2D eigenvalue weighted by atomic mass is 9.73. The molecule has 2 atom stereocenters. The third-order valence-corrected chi connectivity index (χ3v) is 6.44. The molecule has 0 aliphatic carbocycles. The standard InChI is InChI=1S/C23H36N2O4/c1-4-28-15-13-25-11-8-23(9-12-25)21(27)22(3,10-14-29-23)24-20(26)17-19-7-5-6-18(2)16-19/h5-7,16,21,27H,4,8-15,17H2,1-3H3,(H,24,26)/t21-,22+/m1/s1. The van der Waals surface area contributed by atoms with Crippen molar-refractivity contribution in [3.05, 3.63) is 35.4 Å². The number of piperidine rings is 1. The molecule has 0 aromatic heterocycles. The van der Waals surface area contributed by atoms with E-state index >= 15 is 0 Å². The Labute approximate surface area is 174 Å². The number of aliphatic hydroxyl groups excluding tert-OH is 1. The number of likely N-dealkylation sites (tertiary alicyclic amines) is 1. The maximum atomic E-state index is 12.7. The molecule has 6 nitrogen and oxygen atoms in total. The number of nitrogens with one attached hydrogen (secondary N) is 1. The molecule has 2 aliphatic rings. The van der Waals surface area contributed by atoms with Crippen molar-refractivity contribution in [2.24, 2.45) is 0 Å². The lowest BCUT2D eigenvalue weighted by Gasteiger charge is -2.53. The Balaban J connectivity index is 1.59. The summed E-state index contributed by atoms with van der Waals surface area (Å²) in [5.41, 5.74) is 0.880. The molecule has 2 saturated heterocycles. The predicted molar refractivity (Wildman–Crippen MR) is 113 cm³/mol. The van der Waals surface area contributed by atoms with Gasteiger partial charge in [0.2, 0.25) is 5.91 Å². The van der Waals surface area contributed by atoms with E-state index in [9.17, 15) is 9.90 Å². The van der Waals surface area contributed by atoms with Crippen molar-refractivity contribution in [3.8, 4) is 0 Å². The van der Waals surface area contributed by atoms with E-state index in [1.54, 1.807) is 0 Å². The van der Waals surface area contributed by atoms with Crippen molar-refractivity contribution in [2.45, 2.75) is 63.7 Å². The number of carbonyl (C=O) groups excluding carboxylic acids is 1. The highest BCUT2D eigenvalue weighted by Gasteiger charge is 2.53. The van der Waals surface area contributed by atoms with Crippen LogP contribution in [0.4, 0.5) is 0 Å². The Morgan fingerprint density at radius 1 is 1.34 bits per heavy atom. The molecule has 2 heterocycles. The molecule has 0 bridgehead atoms. The third kappa shape index (κ3) is 5.37. The SMILES string of the molecule is CCOCCN1CCC2(CC1)OCC[C@](C)(NC(=O)Cc1cccc(C)c1)[C@H]2O. The number of aliphatic hydroxyl groups is 1. The zero-order valence-electron chi connectivity index (χ0n) is 18.1. The average molecular weight is 405 g/mol. The van der Waals surface area contributed by atoms with Crippen LogP contribution in [0.2, 0.25) is 0 Å². The van der Waals surface area contributed by atoms with Gasteiger partial charge in [-0.1, -0.05) is 29.8 Å². The molecule has 29 heavy (non-hydrogen) atoms. The van der Waals surface area contributed by atoms with Crippen LogP contribution in [0, 0.1) is 6.92 Å². The van der Waals surface area contributed by atoms with Gasteiger partial charge in [0.05, 0.1) is 24.2 Å². The summed E-state index contributed by atoms with van der Waals surface area (Å²) in [6.07, 6.45) is 1.75. The van der Waals surface area contributed by atoms with Gasteiger partial charge in [0.15, 0.2) is 0 Å². The van der Waals surface area contributed by atoms with E-state index in [1.807, 2.05) is 45.0 Å². The number of ether oxygens (including phenoxy) is 2. The smallest absolute Gasteiger partial charge is 0.224 e. The Kier molecular flexibility index (Phi) is 7.32. The van der Waals surface area contributed by atoms with Crippen LogP contribution in [-0.4, -0.2) is 72.6 Å². The molecule has 1 aromatic rings. The molecular formula is C23H36N2O4. The van der Waals surface area contributed by atoms with Gasteiger partial charge < -0.3 is 24.8 Å². The van der Waals surface area contributed by atoms with Crippen LogP contribution in [0.5, 0.6) is 0 Å². The number of benzene rings is 1. The second-order valence-electron chi connectivity index (χ2n) is 8.74. The van der Waals surface area contributed by atoms with Gasteiger partial charge >= 0.3 is 0 Å². The summed E-state index contributed by atoms with van der Waals surface area (Å²) in [5.74, 6) is -0.0525. The second-order valence-corrected chi connectivity index (χ2v) is 8.74. The molecule has 0 unspecified atom stereocenters. The van der Waals surface area contributed by atoms with E-state index in [2.05, 4.69) is 10.2 Å². The molecule has 1 spiro atoms. The highest BCUT2D eigenvalue weighted by Crippen LogP contribution is 2.39. The van der Waals surface area contributed by atoms with Crippen LogP contribution >= 0.6 is 0 Å². The van der Waals surface area contributed by atoms with E-state index in [4.69, 9.17) is 9.47 Å². The van der Waals surface area contributed by atoms with Crippen LogP contribution in [0.15, 0.2) is 24.3 Å². The van der Waals surface area contributed by atoms with E-state index in [1.165, 1.54) is 0 Å². The molecule has 0 saturated carbocycles. The summed E-state index contributed by atoms with van der Waals surface area (Å²) in [6, 6.07) is 7.99. The van der Waals surface area contributed by atoms with Crippen LogP contribution in [0.1, 0.15) is 44.2 Å². The van der Waals surface area contributed by atoms with Crippen molar-refractivity contribution >= 4 is 5.91 Å². The minimum absolute atomic E-state index is 0.0525. The molecule has 1 amide bonds. The van der Waals surface area contributed by atoms with Gasteiger partial charge in [-0.05, 0) is 45.6 Å². The lowest BCUT2D eigenvalue weighted by Crippen LogP contribution is -2.69. The predicted octanol–water partition coefficient (Wildman–Crippen LogP) is 2.06. The number of amides is 1. The van der Waals surface area contributed by atoms with Crippen LogP contribution < -0.4 is 5.32 Å². The van der Waals surface area contributed by atoms with Crippen molar-refractivity contribution in [2.75, 3.05) is 39.5 Å². The van der Waals surface area contributed by atoms with Crippen molar-refractivity contribution in [1.29, 1.82) is 0 Å². The number of hydrogen-bond donors (Lipinski definition) is 2. The van der Waals surface area contributed by atoms with E-state index in [-0.39, 0.29) is 5.91 Å². The first-order valence-electron chi connectivity index (χ1n) is 10.9. The lowest BCUT2D eigenvalue weighted by molar-refractivity contribution is -0.208. The number of carbonyl (C=O) groups is 1.